The summed E-state index contributed by atoms with van der Waals surface area (Å²) in [5, 5.41) is 9.03. The van der Waals surface area contributed by atoms with Crippen LogP contribution < -0.4 is 0 Å². The number of carbonyl (C=O) groups excluding carboxylic acids is 1. The van der Waals surface area contributed by atoms with Gasteiger partial charge in [0.25, 0.3) is 0 Å². The molecule has 1 unspecified atom stereocenters. The van der Waals surface area contributed by atoms with E-state index in [0.29, 0.717) is 0 Å². The molecule has 0 aromatic carbocycles. The molecule has 0 heterocycles. The topological polar surface area (TPSA) is 44.1 Å². The van der Waals surface area contributed by atoms with Crippen molar-refractivity contribution in [3.63, 3.8) is 0 Å². The lowest BCUT2D eigenvalue weighted by molar-refractivity contribution is -0.128. The summed E-state index contributed by atoms with van der Waals surface area (Å²) in [6.45, 7) is 5.98. The molecule has 14 heavy (non-hydrogen) atoms. The highest BCUT2D eigenvalue weighted by Gasteiger charge is 2.44. The molecule has 0 aliphatic heterocycles. The summed E-state index contributed by atoms with van der Waals surface area (Å²) in [6.07, 6.45) is 0.105. The monoisotopic (exact) mass is 232 g/mol. The van der Waals surface area contributed by atoms with Crippen LogP contribution in [0.5, 0.6) is 0 Å². The van der Waals surface area contributed by atoms with Crippen LogP contribution in [-0.4, -0.2) is 37.5 Å². The van der Waals surface area contributed by atoms with Crippen molar-refractivity contribution in [3.05, 3.63) is 0 Å². The summed E-state index contributed by atoms with van der Waals surface area (Å²) in [6, 6.07) is 2.08. The van der Waals surface area contributed by atoms with E-state index in [9.17, 15) is 4.79 Å². The molecular weight excluding hydrogens is 216 g/mol. The van der Waals surface area contributed by atoms with Crippen molar-refractivity contribution in [1.29, 1.82) is 5.26 Å². The summed E-state index contributed by atoms with van der Waals surface area (Å²) >= 11 is 6.19. The standard InChI is InChI=1S/C9H17ClN2OSi/c1-12(2)8(13)6-9(10,7-11)14(3,4)5/h6H2,1-5H3. The van der Waals surface area contributed by atoms with Gasteiger partial charge < -0.3 is 4.90 Å². The maximum atomic E-state index is 11.5. The van der Waals surface area contributed by atoms with Gasteiger partial charge in [-0.15, -0.1) is 11.6 Å². The fourth-order valence-corrected chi connectivity index (χ4v) is 1.97. The molecule has 0 saturated carbocycles. The van der Waals surface area contributed by atoms with Crippen molar-refractivity contribution < 1.29 is 4.79 Å². The third-order valence-corrected chi connectivity index (χ3v) is 6.84. The van der Waals surface area contributed by atoms with E-state index in [4.69, 9.17) is 16.9 Å². The molecule has 80 valence electrons. The minimum Gasteiger partial charge on any atom is -0.349 e. The summed E-state index contributed by atoms with van der Waals surface area (Å²) in [7, 11) is 1.47. The SMILES string of the molecule is CN(C)C(=O)CC(Cl)(C#N)[Si](C)(C)C. The van der Waals surface area contributed by atoms with Crippen LogP contribution in [0, 0.1) is 11.3 Å². The second-order valence-electron chi connectivity index (χ2n) is 4.63. The molecule has 0 aliphatic rings. The Morgan fingerprint density at radius 3 is 2.14 bits per heavy atom. The molecule has 0 saturated heterocycles. The third-order valence-electron chi connectivity index (χ3n) is 2.26. The Labute approximate surface area is 91.7 Å². The minimum atomic E-state index is -1.86. The van der Waals surface area contributed by atoms with Crippen LogP contribution in [0.15, 0.2) is 0 Å². The zero-order chi connectivity index (χ0) is 11.6. The van der Waals surface area contributed by atoms with Crippen molar-refractivity contribution in [3.8, 4) is 6.07 Å². The first-order valence-electron chi connectivity index (χ1n) is 4.44. The average Bonchev–Trinajstić information content (AvgIpc) is 2.01. The maximum absolute atomic E-state index is 11.5. The van der Waals surface area contributed by atoms with Crippen LogP contribution in [0.2, 0.25) is 19.6 Å². The lowest BCUT2D eigenvalue weighted by Crippen LogP contribution is -2.49. The molecule has 3 nitrogen and oxygen atoms in total. The zero-order valence-electron chi connectivity index (χ0n) is 9.39. The van der Waals surface area contributed by atoms with Gasteiger partial charge >= 0.3 is 0 Å². The molecule has 0 N–H and O–H groups in total. The summed E-state index contributed by atoms with van der Waals surface area (Å²) in [4.78, 5) is 12.9. The first-order chi connectivity index (χ1) is 6.14. The largest absolute Gasteiger partial charge is 0.349 e. The molecule has 0 aromatic rings. The van der Waals surface area contributed by atoms with Gasteiger partial charge in [-0.2, -0.15) is 5.26 Å². The van der Waals surface area contributed by atoms with Crippen molar-refractivity contribution in [1.82, 2.24) is 4.90 Å². The maximum Gasteiger partial charge on any atom is 0.224 e. The van der Waals surface area contributed by atoms with E-state index < -0.39 is 12.6 Å². The summed E-state index contributed by atoms with van der Waals surface area (Å²) in [5.41, 5.74) is 0. The van der Waals surface area contributed by atoms with Gasteiger partial charge in [-0.3, -0.25) is 4.79 Å². The molecule has 0 rings (SSSR count). The number of carbonyl (C=O) groups is 1. The molecule has 0 aliphatic carbocycles. The number of rotatable bonds is 3. The second-order valence-corrected chi connectivity index (χ2v) is 10.9. The van der Waals surface area contributed by atoms with Crippen LogP contribution in [-0.2, 0) is 4.79 Å². The lowest BCUT2D eigenvalue weighted by Gasteiger charge is -2.31. The van der Waals surface area contributed by atoms with Crippen LogP contribution in [0.3, 0.4) is 0 Å². The number of nitriles is 1. The average molecular weight is 233 g/mol. The van der Waals surface area contributed by atoms with Crippen molar-refractivity contribution >= 4 is 25.6 Å². The Kier molecular flexibility index (Phi) is 4.16. The third kappa shape index (κ3) is 3.00. The fourth-order valence-electron chi connectivity index (χ4n) is 0.839. The highest BCUT2D eigenvalue weighted by atomic mass is 35.5. The zero-order valence-corrected chi connectivity index (χ0v) is 11.1. The van der Waals surface area contributed by atoms with E-state index in [1.807, 2.05) is 19.6 Å². The van der Waals surface area contributed by atoms with Gasteiger partial charge in [-0.25, -0.2) is 0 Å². The Morgan fingerprint density at radius 1 is 1.50 bits per heavy atom. The Balaban J connectivity index is 4.77. The number of halogens is 1. The van der Waals surface area contributed by atoms with Crippen LogP contribution in [0.1, 0.15) is 6.42 Å². The van der Waals surface area contributed by atoms with Gasteiger partial charge in [0, 0.05) is 14.1 Å². The quantitative estimate of drug-likeness (QED) is 0.551. The van der Waals surface area contributed by atoms with Crippen molar-refractivity contribution in [2.45, 2.75) is 30.6 Å². The van der Waals surface area contributed by atoms with Gasteiger partial charge in [0.1, 0.15) is 4.50 Å². The number of hydrogen-bond donors (Lipinski definition) is 0. The first-order valence-corrected chi connectivity index (χ1v) is 8.32. The highest BCUT2D eigenvalue weighted by molar-refractivity contribution is 6.87. The Hall–Kier alpha value is -0.533. The van der Waals surface area contributed by atoms with E-state index in [-0.39, 0.29) is 12.3 Å². The van der Waals surface area contributed by atoms with Gasteiger partial charge in [0.15, 0.2) is 0 Å². The normalized spacial score (nSPS) is 15.5. The molecule has 0 aromatic heterocycles. The van der Waals surface area contributed by atoms with Crippen LogP contribution >= 0.6 is 11.6 Å². The van der Waals surface area contributed by atoms with Gasteiger partial charge in [0.05, 0.1) is 20.6 Å². The van der Waals surface area contributed by atoms with E-state index in [2.05, 4.69) is 6.07 Å². The lowest BCUT2D eigenvalue weighted by atomic mass is 10.3. The van der Waals surface area contributed by atoms with Gasteiger partial charge in [0.2, 0.25) is 5.91 Å². The van der Waals surface area contributed by atoms with Gasteiger partial charge in [-0.1, -0.05) is 19.6 Å². The number of hydrogen-bond acceptors (Lipinski definition) is 2. The smallest absolute Gasteiger partial charge is 0.224 e. The molecular formula is C9H17ClN2OSi. The fraction of sp³-hybridized carbons (Fsp3) is 0.778. The molecule has 0 fully saturated rings. The summed E-state index contributed by atoms with van der Waals surface area (Å²) < 4.78 is -0.992. The number of amides is 1. The van der Waals surface area contributed by atoms with Crippen molar-refractivity contribution in [2.75, 3.05) is 14.1 Å². The highest BCUT2D eigenvalue weighted by Crippen LogP contribution is 2.31. The second kappa shape index (κ2) is 4.33. The van der Waals surface area contributed by atoms with Gasteiger partial charge in [-0.05, 0) is 0 Å². The van der Waals surface area contributed by atoms with Crippen LogP contribution in [0.4, 0.5) is 0 Å². The number of nitrogens with zero attached hydrogens (tertiary/aromatic N) is 2. The van der Waals surface area contributed by atoms with E-state index in [1.165, 1.54) is 4.90 Å². The van der Waals surface area contributed by atoms with E-state index in [1.54, 1.807) is 14.1 Å². The first kappa shape index (κ1) is 13.5. The molecule has 0 spiro atoms. The predicted octanol–water partition coefficient (Wildman–Crippen LogP) is 1.84. The summed E-state index contributed by atoms with van der Waals surface area (Å²) in [5.74, 6) is -0.0935. The number of alkyl halides is 1. The molecule has 0 bridgehead atoms. The van der Waals surface area contributed by atoms with Crippen LogP contribution in [0.25, 0.3) is 0 Å². The van der Waals surface area contributed by atoms with E-state index in [0.717, 1.165) is 0 Å². The molecule has 1 amide bonds. The Morgan fingerprint density at radius 2 is 1.93 bits per heavy atom. The minimum absolute atomic E-state index is 0.0935. The van der Waals surface area contributed by atoms with E-state index >= 15 is 0 Å². The van der Waals surface area contributed by atoms with Crippen molar-refractivity contribution in [2.24, 2.45) is 0 Å². The predicted molar refractivity (Wildman–Crippen MR) is 60.9 cm³/mol. The Bertz CT molecular complexity index is 267. The molecule has 5 heteroatoms. The molecule has 1 atom stereocenters. The molecule has 0 radical (unpaired) electrons.